The minimum Gasteiger partial charge on any atom is -0.334 e. The van der Waals surface area contributed by atoms with Gasteiger partial charge in [0, 0.05) is 19.6 Å². The molecule has 5 heteroatoms. The standard InChI is InChI=1S/C15H26N4O/c1-4-12-11-14(18(3)17-12)15(20)19-10-6-5-7-13(19)8-9-16-2/h11,13,16H,4-10H2,1-3H3. The highest BCUT2D eigenvalue weighted by molar-refractivity contribution is 5.93. The maximum Gasteiger partial charge on any atom is 0.272 e. The first-order chi connectivity index (χ1) is 9.67. The second kappa shape index (κ2) is 6.88. The first-order valence-corrected chi connectivity index (χ1v) is 7.65. The van der Waals surface area contributed by atoms with Gasteiger partial charge in [-0.1, -0.05) is 6.92 Å². The van der Waals surface area contributed by atoms with Crippen LogP contribution in [0.25, 0.3) is 0 Å². The smallest absolute Gasteiger partial charge is 0.272 e. The fourth-order valence-electron chi connectivity index (χ4n) is 2.93. The number of amides is 1. The second-order valence-electron chi connectivity index (χ2n) is 5.54. The Kier molecular flexibility index (Phi) is 5.17. The first kappa shape index (κ1) is 15.0. The summed E-state index contributed by atoms with van der Waals surface area (Å²) in [5, 5.41) is 7.57. The number of piperidine rings is 1. The largest absolute Gasteiger partial charge is 0.334 e. The van der Waals surface area contributed by atoms with Crippen molar-refractivity contribution in [2.45, 2.75) is 45.1 Å². The van der Waals surface area contributed by atoms with E-state index >= 15 is 0 Å². The number of nitrogens with one attached hydrogen (secondary N) is 1. The number of hydrogen-bond acceptors (Lipinski definition) is 3. The Morgan fingerprint density at radius 1 is 1.50 bits per heavy atom. The van der Waals surface area contributed by atoms with Gasteiger partial charge in [0.1, 0.15) is 5.69 Å². The van der Waals surface area contributed by atoms with Gasteiger partial charge in [-0.15, -0.1) is 0 Å². The molecule has 0 spiro atoms. The van der Waals surface area contributed by atoms with Gasteiger partial charge >= 0.3 is 0 Å². The van der Waals surface area contributed by atoms with Crippen LogP contribution in [0.2, 0.25) is 0 Å². The second-order valence-corrected chi connectivity index (χ2v) is 5.54. The van der Waals surface area contributed by atoms with E-state index in [0.717, 1.165) is 50.2 Å². The van der Waals surface area contributed by atoms with Crippen molar-refractivity contribution in [2.75, 3.05) is 20.1 Å². The van der Waals surface area contributed by atoms with Crippen molar-refractivity contribution in [2.24, 2.45) is 7.05 Å². The van der Waals surface area contributed by atoms with Crippen molar-refractivity contribution >= 4 is 5.91 Å². The third-order valence-electron chi connectivity index (χ3n) is 4.13. The molecule has 0 bridgehead atoms. The molecule has 20 heavy (non-hydrogen) atoms. The first-order valence-electron chi connectivity index (χ1n) is 7.65. The zero-order valence-electron chi connectivity index (χ0n) is 12.9. The molecule has 1 aliphatic heterocycles. The minimum absolute atomic E-state index is 0.139. The number of nitrogens with zero attached hydrogens (tertiary/aromatic N) is 3. The number of likely N-dealkylation sites (tertiary alicyclic amines) is 1. The summed E-state index contributed by atoms with van der Waals surface area (Å²) in [7, 11) is 3.82. The van der Waals surface area contributed by atoms with Crippen molar-refractivity contribution in [3.8, 4) is 0 Å². The van der Waals surface area contributed by atoms with E-state index in [-0.39, 0.29) is 5.91 Å². The number of aryl methyl sites for hydroxylation is 2. The zero-order chi connectivity index (χ0) is 14.5. The Labute approximate surface area is 121 Å². The van der Waals surface area contributed by atoms with Gasteiger partial charge in [0.25, 0.3) is 5.91 Å². The Morgan fingerprint density at radius 3 is 2.95 bits per heavy atom. The van der Waals surface area contributed by atoms with Gasteiger partial charge in [0.05, 0.1) is 5.69 Å². The molecule has 1 amide bonds. The van der Waals surface area contributed by atoms with Crippen LogP contribution in [0.1, 0.15) is 48.8 Å². The molecule has 5 nitrogen and oxygen atoms in total. The van der Waals surface area contributed by atoms with Crippen LogP contribution in [-0.4, -0.2) is 46.8 Å². The van der Waals surface area contributed by atoms with Crippen molar-refractivity contribution < 1.29 is 4.79 Å². The molecule has 2 heterocycles. The summed E-state index contributed by atoms with van der Waals surface area (Å²) in [5.74, 6) is 0.139. The summed E-state index contributed by atoms with van der Waals surface area (Å²) in [5.41, 5.74) is 1.71. The van der Waals surface area contributed by atoms with Gasteiger partial charge in [-0.2, -0.15) is 5.10 Å². The van der Waals surface area contributed by atoms with Crippen LogP contribution < -0.4 is 5.32 Å². The Hall–Kier alpha value is -1.36. The highest BCUT2D eigenvalue weighted by atomic mass is 16.2. The van der Waals surface area contributed by atoms with E-state index < -0.39 is 0 Å². The van der Waals surface area contributed by atoms with E-state index in [0.29, 0.717) is 6.04 Å². The van der Waals surface area contributed by atoms with Crippen LogP contribution >= 0.6 is 0 Å². The van der Waals surface area contributed by atoms with Crippen LogP contribution in [-0.2, 0) is 13.5 Å². The monoisotopic (exact) mass is 278 g/mol. The van der Waals surface area contributed by atoms with Crippen molar-refractivity contribution in [1.82, 2.24) is 20.0 Å². The minimum atomic E-state index is 0.139. The van der Waals surface area contributed by atoms with Crippen LogP contribution in [0.4, 0.5) is 0 Å². The number of hydrogen-bond donors (Lipinski definition) is 1. The topological polar surface area (TPSA) is 50.2 Å². The Balaban J connectivity index is 2.13. The van der Waals surface area contributed by atoms with Crippen LogP contribution in [0.3, 0.4) is 0 Å². The molecular formula is C15H26N4O. The predicted octanol–water partition coefficient (Wildman–Crippen LogP) is 1.59. The van der Waals surface area contributed by atoms with Gasteiger partial charge < -0.3 is 10.2 Å². The van der Waals surface area contributed by atoms with Crippen LogP contribution in [0.15, 0.2) is 6.07 Å². The maximum atomic E-state index is 12.8. The lowest BCUT2D eigenvalue weighted by molar-refractivity contribution is 0.0591. The molecule has 1 atom stereocenters. The summed E-state index contributed by atoms with van der Waals surface area (Å²) < 4.78 is 1.73. The zero-order valence-corrected chi connectivity index (χ0v) is 12.9. The van der Waals surface area contributed by atoms with E-state index in [1.54, 1.807) is 4.68 Å². The van der Waals surface area contributed by atoms with E-state index in [2.05, 4.69) is 22.2 Å². The molecule has 1 saturated heterocycles. The third kappa shape index (κ3) is 3.20. The third-order valence-corrected chi connectivity index (χ3v) is 4.13. The van der Waals surface area contributed by atoms with Crippen molar-refractivity contribution in [3.05, 3.63) is 17.5 Å². The average Bonchev–Trinajstić information content (AvgIpc) is 2.86. The molecule has 112 valence electrons. The van der Waals surface area contributed by atoms with Crippen molar-refractivity contribution in [1.29, 1.82) is 0 Å². The number of carbonyl (C=O) groups excluding carboxylic acids is 1. The molecule has 2 rings (SSSR count). The normalized spacial score (nSPS) is 19.4. The van der Waals surface area contributed by atoms with Gasteiger partial charge in [-0.05, 0) is 51.8 Å². The molecular weight excluding hydrogens is 252 g/mol. The predicted molar refractivity (Wildman–Crippen MR) is 79.8 cm³/mol. The van der Waals surface area contributed by atoms with Gasteiger partial charge in [0.15, 0.2) is 0 Å². The van der Waals surface area contributed by atoms with Gasteiger partial charge in [0.2, 0.25) is 0 Å². The highest BCUT2D eigenvalue weighted by Gasteiger charge is 2.28. The maximum absolute atomic E-state index is 12.8. The van der Waals surface area contributed by atoms with E-state index in [1.165, 1.54) is 6.42 Å². The molecule has 1 aromatic heterocycles. The highest BCUT2D eigenvalue weighted by Crippen LogP contribution is 2.22. The Morgan fingerprint density at radius 2 is 2.30 bits per heavy atom. The van der Waals surface area contributed by atoms with Crippen LogP contribution in [0.5, 0.6) is 0 Å². The number of carbonyl (C=O) groups is 1. The van der Waals surface area contributed by atoms with E-state index in [9.17, 15) is 4.79 Å². The summed E-state index contributed by atoms with van der Waals surface area (Å²) in [4.78, 5) is 14.8. The van der Waals surface area contributed by atoms with Crippen molar-refractivity contribution in [3.63, 3.8) is 0 Å². The molecule has 1 unspecified atom stereocenters. The quantitative estimate of drug-likeness (QED) is 0.890. The number of rotatable bonds is 5. The van der Waals surface area contributed by atoms with E-state index in [1.807, 2.05) is 20.2 Å². The van der Waals surface area contributed by atoms with Gasteiger partial charge in [-0.25, -0.2) is 0 Å². The molecule has 0 aliphatic carbocycles. The molecule has 1 aliphatic rings. The summed E-state index contributed by atoms with van der Waals surface area (Å²) in [6.07, 6.45) is 5.35. The van der Waals surface area contributed by atoms with E-state index in [4.69, 9.17) is 0 Å². The molecule has 0 radical (unpaired) electrons. The van der Waals surface area contributed by atoms with Gasteiger partial charge in [-0.3, -0.25) is 9.48 Å². The molecule has 0 aromatic carbocycles. The lowest BCUT2D eigenvalue weighted by atomic mass is 9.99. The lowest BCUT2D eigenvalue weighted by Gasteiger charge is -2.35. The average molecular weight is 278 g/mol. The molecule has 1 aromatic rings. The summed E-state index contributed by atoms with van der Waals surface area (Å²) in [6, 6.07) is 2.30. The SMILES string of the molecule is CCc1cc(C(=O)N2CCCCC2CCNC)n(C)n1. The molecule has 1 fully saturated rings. The number of aromatic nitrogens is 2. The molecule has 0 saturated carbocycles. The lowest BCUT2D eigenvalue weighted by Crippen LogP contribution is -2.45. The summed E-state index contributed by atoms with van der Waals surface area (Å²) in [6.45, 7) is 3.90. The fraction of sp³-hybridized carbons (Fsp3) is 0.733. The summed E-state index contributed by atoms with van der Waals surface area (Å²) >= 11 is 0. The Bertz CT molecular complexity index is 455. The molecule has 1 N–H and O–H groups in total. The fourth-order valence-corrected chi connectivity index (χ4v) is 2.93. The van der Waals surface area contributed by atoms with Crippen LogP contribution in [0, 0.1) is 0 Å².